The number of alkyl halides is 17. The third kappa shape index (κ3) is 11.9. The minimum Gasteiger partial charge on any atom is -0.324 e. The van der Waals surface area contributed by atoms with Crippen molar-refractivity contribution in [1.82, 2.24) is 0 Å². The minimum atomic E-state index is -8.59. The van der Waals surface area contributed by atoms with Crippen molar-refractivity contribution >= 4 is 0 Å². The Labute approximate surface area is 289 Å². The lowest BCUT2D eigenvalue weighted by Crippen LogP contribution is -2.74. The maximum absolute atomic E-state index is 14.4. The summed E-state index contributed by atoms with van der Waals surface area (Å²) >= 11 is 0. The van der Waals surface area contributed by atoms with Crippen LogP contribution in [0.15, 0.2) is 0 Å². The molecular weight excluding hydrogens is 733 g/mol. The van der Waals surface area contributed by atoms with Crippen molar-refractivity contribution in [1.29, 1.82) is 0 Å². The summed E-state index contributed by atoms with van der Waals surface area (Å²) in [7, 11) is 0. The van der Waals surface area contributed by atoms with Crippen LogP contribution < -0.4 is 0 Å². The Morgan fingerprint density at radius 1 is 0.314 bits per heavy atom. The molecule has 0 aliphatic carbocycles. The van der Waals surface area contributed by atoms with Crippen molar-refractivity contribution in [3.8, 4) is 0 Å². The van der Waals surface area contributed by atoms with Crippen molar-refractivity contribution in [2.45, 2.75) is 184 Å². The van der Waals surface area contributed by atoms with Gasteiger partial charge in [-0.25, -0.2) is 0 Å². The number of halogens is 17. The highest BCUT2D eigenvalue weighted by atomic mass is 19.4. The fourth-order valence-electron chi connectivity index (χ4n) is 5.95. The van der Waals surface area contributed by atoms with Gasteiger partial charge >= 0.3 is 47.6 Å². The summed E-state index contributed by atoms with van der Waals surface area (Å²) in [5, 5.41) is 0. The van der Waals surface area contributed by atoms with E-state index >= 15 is 0 Å². The first-order valence-electron chi connectivity index (χ1n) is 17.7. The van der Waals surface area contributed by atoms with E-state index in [1.54, 1.807) is 13.8 Å². The molecule has 0 radical (unpaired) electrons. The standard InChI is InChI=1S/C33H53F17N/c1-4-7-8-9-10-11-12-13-14-15-16-17-18-19-20-21-24-51(5-2,6-3)25-22-23-26(34,35)27(36,37)28(38,39)29(40,41)30(42,43)31(44,45)32(46,47)33(48,49)50/h4-25H2,1-3H3/q+1. The van der Waals surface area contributed by atoms with Gasteiger partial charge in [0, 0.05) is 12.8 Å². The molecule has 18 heteroatoms. The van der Waals surface area contributed by atoms with Gasteiger partial charge in [0.25, 0.3) is 0 Å². The highest BCUT2D eigenvalue weighted by Crippen LogP contribution is 2.64. The molecule has 0 aromatic rings. The van der Waals surface area contributed by atoms with Gasteiger partial charge in [-0.15, -0.1) is 0 Å². The van der Waals surface area contributed by atoms with Crippen molar-refractivity contribution in [3.05, 3.63) is 0 Å². The number of hydrogen-bond donors (Lipinski definition) is 0. The Hall–Kier alpha value is -1.23. The molecule has 0 rings (SSSR count). The van der Waals surface area contributed by atoms with E-state index in [2.05, 4.69) is 6.92 Å². The van der Waals surface area contributed by atoms with E-state index < -0.39 is 67.0 Å². The number of rotatable bonds is 29. The van der Waals surface area contributed by atoms with Crippen molar-refractivity contribution in [3.63, 3.8) is 0 Å². The molecule has 0 aromatic carbocycles. The van der Waals surface area contributed by atoms with Crippen LogP contribution in [-0.2, 0) is 0 Å². The first kappa shape index (κ1) is 49.8. The van der Waals surface area contributed by atoms with Gasteiger partial charge in [-0.3, -0.25) is 0 Å². The zero-order valence-electron chi connectivity index (χ0n) is 29.4. The molecule has 0 aromatic heterocycles. The quantitative estimate of drug-likeness (QED) is 0.0402. The van der Waals surface area contributed by atoms with Gasteiger partial charge in [0.05, 0.1) is 26.2 Å². The third-order valence-corrected chi connectivity index (χ3v) is 9.74. The van der Waals surface area contributed by atoms with E-state index in [0.29, 0.717) is 13.0 Å². The average Bonchev–Trinajstić information content (AvgIpc) is 3.02. The third-order valence-electron chi connectivity index (χ3n) is 9.74. The lowest BCUT2D eigenvalue weighted by Gasteiger charge is -2.43. The Morgan fingerprint density at radius 3 is 0.902 bits per heavy atom. The van der Waals surface area contributed by atoms with E-state index in [4.69, 9.17) is 0 Å². The molecule has 0 aliphatic rings. The van der Waals surface area contributed by atoms with E-state index in [-0.39, 0.29) is 17.6 Å². The van der Waals surface area contributed by atoms with Crippen molar-refractivity contribution in [2.75, 3.05) is 26.2 Å². The first-order valence-corrected chi connectivity index (χ1v) is 17.7. The maximum Gasteiger partial charge on any atom is 0.460 e. The summed E-state index contributed by atoms with van der Waals surface area (Å²) in [4.78, 5) is 0. The molecule has 0 aliphatic heterocycles. The van der Waals surface area contributed by atoms with Crippen LogP contribution in [-0.4, -0.2) is 78.3 Å². The normalized spacial score (nSPS) is 14.8. The van der Waals surface area contributed by atoms with Gasteiger partial charge in [-0.1, -0.05) is 96.8 Å². The fraction of sp³-hybridized carbons (Fsp3) is 1.00. The van der Waals surface area contributed by atoms with Crippen molar-refractivity contribution in [2.24, 2.45) is 0 Å². The van der Waals surface area contributed by atoms with Crippen LogP contribution in [0.25, 0.3) is 0 Å². The highest BCUT2D eigenvalue weighted by molar-refractivity contribution is 5.15. The van der Waals surface area contributed by atoms with Crippen LogP contribution in [0.5, 0.6) is 0 Å². The Kier molecular flexibility index (Phi) is 19.4. The summed E-state index contributed by atoms with van der Waals surface area (Å²) in [5.41, 5.74) is 0. The van der Waals surface area contributed by atoms with Gasteiger partial charge in [-0.05, 0) is 26.7 Å². The van der Waals surface area contributed by atoms with E-state index in [1.807, 2.05) is 0 Å². The van der Waals surface area contributed by atoms with Gasteiger partial charge in [-0.2, -0.15) is 74.6 Å². The molecule has 0 bridgehead atoms. The number of quaternary nitrogens is 1. The fourth-order valence-corrected chi connectivity index (χ4v) is 5.95. The lowest BCUT2D eigenvalue weighted by molar-refractivity contribution is -0.925. The zero-order valence-corrected chi connectivity index (χ0v) is 29.4. The Morgan fingerprint density at radius 2 is 0.588 bits per heavy atom. The Bertz CT molecular complexity index is 960. The largest absolute Gasteiger partial charge is 0.460 e. The summed E-state index contributed by atoms with van der Waals surface area (Å²) in [6.45, 7) is 5.80. The first-order chi connectivity index (χ1) is 23.1. The van der Waals surface area contributed by atoms with Gasteiger partial charge < -0.3 is 4.48 Å². The summed E-state index contributed by atoms with van der Waals surface area (Å²) in [6.07, 6.45) is 6.23. The zero-order chi connectivity index (χ0) is 40.1. The molecule has 0 spiro atoms. The highest BCUT2D eigenvalue weighted by Gasteiger charge is 2.95. The molecule has 0 fully saturated rings. The molecule has 51 heavy (non-hydrogen) atoms. The summed E-state index contributed by atoms with van der Waals surface area (Å²) < 4.78 is 230. The van der Waals surface area contributed by atoms with Crippen LogP contribution >= 0.6 is 0 Å². The van der Waals surface area contributed by atoms with Crippen LogP contribution in [0, 0.1) is 0 Å². The van der Waals surface area contributed by atoms with Gasteiger partial charge in [0.15, 0.2) is 0 Å². The van der Waals surface area contributed by atoms with Crippen LogP contribution in [0.2, 0.25) is 0 Å². The van der Waals surface area contributed by atoms with Crippen LogP contribution in [0.1, 0.15) is 136 Å². The lowest BCUT2D eigenvalue weighted by atomic mass is 9.88. The molecule has 0 N–H and O–H groups in total. The van der Waals surface area contributed by atoms with E-state index in [1.165, 1.54) is 51.4 Å². The number of hydrogen-bond acceptors (Lipinski definition) is 0. The number of unbranched alkanes of at least 4 members (excludes halogenated alkanes) is 15. The smallest absolute Gasteiger partial charge is 0.324 e. The molecular formula is C33H53F17N+. The predicted molar refractivity (Wildman–Crippen MR) is 161 cm³/mol. The molecule has 0 amide bonds. The molecule has 0 saturated carbocycles. The van der Waals surface area contributed by atoms with E-state index in [0.717, 1.165) is 44.9 Å². The SMILES string of the molecule is CCCCCCCCCCCCCCCCCC[N+](CC)(CC)CCCC(F)(F)C(F)(F)C(F)(F)C(F)(F)C(F)(F)C(F)(F)C(F)(F)C(F)(F)F. The van der Waals surface area contributed by atoms with Crippen LogP contribution in [0.3, 0.4) is 0 Å². The minimum absolute atomic E-state index is 0.0103. The van der Waals surface area contributed by atoms with E-state index in [9.17, 15) is 74.6 Å². The molecule has 0 saturated heterocycles. The molecule has 0 unspecified atom stereocenters. The Balaban J connectivity index is 5.12. The maximum atomic E-state index is 14.4. The summed E-state index contributed by atoms with van der Waals surface area (Å²) in [6, 6.07) is 0. The monoisotopic (exact) mass is 786 g/mol. The molecule has 308 valence electrons. The van der Waals surface area contributed by atoms with Gasteiger partial charge in [0.2, 0.25) is 0 Å². The summed E-state index contributed by atoms with van der Waals surface area (Å²) in [5.74, 6) is -55.9. The van der Waals surface area contributed by atoms with Crippen molar-refractivity contribution < 1.29 is 79.1 Å². The molecule has 0 heterocycles. The molecule has 0 atom stereocenters. The number of nitrogens with zero attached hydrogens (tertiary/aromatic N) is 1. The predicted octanol–water partition coefficient (Wildman–Crippen LogP) is 13.9. The second-order valence-electron chi connectivity index (χ2n) is 13.5. The van der Waals surface area contributed by atoms with Gasteiger partial charge in [0.1, 0.15) is 0 Å². The van der Waals surface area contributed by atoms with Crippen LogP contribution in [0.4, 0.5) is 74.6 Å². The second-order valence-corrected chi connectivity index (χ2v) is 13.5. The topological polar surface area (TPSA) is 0 Å². The second kappa shape index (κ2) is 19.9. The average molecular weight is 787 g/mol. The molecule has 1 nitrogen and oxygen atoms in total.